The summed E-state index contributed by atoms with van der Waals surface area (Å²) in [7, 11) is 0. The van der Waals surface area contributed by atoms with Gasteiger partial charge in [0.2, 0.25) is 0 Å². The van der Waals surface area contributed by atoms with Gasteiger partial charge in [-0.1, -0.05) is 37.6 Å². The van der Waals surface area contributed by atoms with Gasteiger partial charge in [0.05, 0.1) is 6.10 Å². The van der Waals surface area contributed by atoms with Crippen LogP contribution < -0.4 is 0 Å². The Balaban J connectivity index is 2.26. The van der Waals surface area contributed by atoms with Crippen molar-refractivity contribution < 1.29 is 5.11 Å². The van der Waals surface area contributed by atoms with Crippen LogP contribution in [0.2, 0.25) is 0 Å². The number of aliphatic hydroxyl groups is 1. The summed E-state index contributed by atoms with van der Waals surface area (Å²) in [5.41, 5.74) is 3.14. The number of fused-ring (bicyclic) bond motifs is 1. The van der Waals surface area contributed by atoms with Gasteiger partial charge in [0.1, 0.15) is 0 Å². The Bertz CT molecular complexity index is 328. The van der Waals surface area contributed by atoms with Crippen LogP contribution in [0.5, 0.6) is 0 Å². The molecule has 0 aromatic heterocycles. The summed E-state index contributed by atoms with van der Waals surface area (Å²) < 4.78 is 0. The molecule has 1 saturated carbocycles. The lowest BCUT2D eigenvalue weighted by molar-refractivity contribution is 0.0882. The highest BCUT2D eigenvalue weighted by Gasteiger charge is 2.43. The number of allylic oxidation sites excluding steroid dienone is 2. The third-order valence-electron chi connectivity index (χ3n) is 4.94. The van der Waals surface area contributed by atoms with Crippen molar-refractivity contribution in [3.63, 3.8) is 0 Å². The summed E-state index contributed by atoms with van der Waals surface area (Å²) in [4.78, 5) is 0. The van der Waals surface area contributed by atoms with E-state index < -0.39 is 0 Å². The average Bonchev–Trinajstić information content (AvgIpc) is 2.19. The van der Waals surface area contributed by atoms with Crippen molar-refractivity contribution in [1.82, 2.24) is 0 Å². The Hall–Kier alpha value is -0.560. The molecule has 0 bridgehead atoms. The zero-order valence-corrected chi connectivity index (χ0v) is 10.8. The first-order valence-electron chi connectivity index (χ1n) is 6.48. The van der Waals surface area contributed by atoms with Crippen LogP contribution in [0.25, 0.3) is 0 Å². The molecule has 0 heterocycles. The van der Waals surface area contributed by atoms with E-state index in [1.807, 2.05) is 0 Å². The van der Waals surface area contributed by atoms with Crippen LogP contribution in [-0.2, 0) is 0 Å². The topological polar surface area (TPSA) is 20.2 Å². The van der Waals surface area contributed by atoms with Gasteiger partial charge in [-0.3, -0.25) is 0 Å². The smallest absolute Gasteiger partial charge is 0.0726 e. The summed E-state index contributed by atoms with van der Waals surface area (Å²) in [6.45, 7) is 10.9. The minimum atomic E-state index is -0.209. The minimum absolute atomic E-state index is 0.209. The highest BCUT2D eigenvalue weighted by molar-refractivity contribution is 5.24. The zero-order valence-electron chi connectivity index (χ0n) is 10.8. The van der Waals surface area contributed by atoms with Crippen LogP contribution in [-0.4, -0.2) is 11.2 Å². The Morgan fingerprint density at radius 1 is 1.56 bits per heavy atom. The van der Waals surface area contributed by atoms with Gasteiger partial charge in [-0.25, -0.2) is 0 Å². The van der Waals surface area contributed by atoms with Crippen LogP contribution in [0.3, 0.4) is 0 Å². The van der Waals surface area contributed by atoms with E-state index in [0.717, 1.165) is 12.8 Å². The Kier molecular flexibility index (Phi) is 3.00. The zero-order chi connectivity index (χ0) is 11.9. The Labute approximate surface area is 99.3 Å². The van der Waals surface area contributed by atoms with Crippen LogP contribution in [0.1, 0.15) is 46.5 Å². The Morgan fingerprint density at radius 3 is 2.88 bits per heavy atom. The third kappa shape index (κ3) is 1.86. The second-order valence-electron chi connectivity index (χ2n) is 6.10. The maximum atomic E-state index is 9.81. The predicted octanol–water partition coefficient (Wildman–Crippen LogP) is 3.70. The fourth-order valence-electron chi connectivity index (χ4n) is 3.49. The molecule has 90 valence electrons. The van der Waals surface area contributed by atoms with Crippen molar-refractivity contribution >= 4 is 0 Å². The quantitative estimate of drug-likeness (QED) is 0.668. The molecule has 1 N–H and O–H groups in total. The number of hydrogen-bond donors (Lipinski definition) is 1. The van der Waals surface area contributed by atoms with Crippen LogP contribution in [0.4, 0.5) is 0 Å². The first kappa shape index (κ1) is 11.9. The first-order chi connectivity index (χ1) is 7.43. The fourth-order valence-corrected chi connectivity index (χ4v) is 3.49. The molecule has 4 atom stereocenters. The predicted molar refractivity (Wildman–Crippen MR) is 68.1 cm³/mol. The normalized spacial score (nSPS) is 43.5. The molecule has 0 radical (unpaired) electrons. The monoisotopic (exact) mass is 220 g/mol. The van der Waals surface area contributed by atoms with E-state index in [-0.39, 0.29) is 6.10 Å². The molecule has 0 saturated heterocycles. The summed E-state index contributed by atoms with van der Waals surface area (Å²) >= 11 is 0. The number of aliphatic hydroxyl groups excluding tert-OH is 1. The number of hydrogen-bond acceptors (Lipinski definition) is 1. The molecule has 1 fully saturated rings. The molecule has 0 aromatic rings. The summed E-state index contributed by atoms with van der Waals surface area (Å²) in [5.74, 6) is 1.27. The van der Waals surface area contributed by atoms with Gasteiger partial charge >= 0.3 is 0 Å². The second-order valence-corrected chi connectivity index (χ2v) is 6.10. The molecule has 0 spiro atoms. The van der Waals surface area contributed by atoms with E-state index in [1.165, 1.54) is 24.0 Å². The average molecular weight is 220 g/mol. The highest BCUT2D eigenvalue weighted by atomic mass is 16.3. The molecule has 2 rings (SSSR count). The van der Waals surface area contributed by atoms with Crippen LogP contribution >= 0.6 is 0 Å². The van der Waals surface area contributed by atoms with E-state index in [0.29, 0.717) is 17.3 Å². The van der Waals surface area contributed by atoms with Crippen molar-refractivity contribution in [2.24, 2.45) is 17.3 Å². The summed E-state index contributed by atoms with van der Waals surface area (Å²) in [6, 6.07) is 0. The molecule has 16 heavy (non-hydrogen) atoms. The second kappa shape index (κ2) is 4.03. The molecule has 2 aliphatic rings. The van der Waals surface area contributed by atoms with Gasteiger partial charge in [-0.05, 0) is 49.9 Å². The maximum absolute atomic E-state index is 9.81. The maximum Gasteiger partial charge on any atom is 0.0726 e. The van der Waals surface area contributed by atoms with Gasteiger partial charge in [-0.15, -0.1) is 0 Å². The standard InChI is InChI=1S/C15H24O/c1-10(2)12-5-6-13-8-14(16)7-11(3)15(13,4)9-12/h8,11-12,14,16H,1,5-7,9H2,2-4H3/t11?,12-,14?,15?/m1/s1. The molecule has 1 nitrogen and oxygen atoms in total. The summed E-state index contributed by atoms with van der Waals surface area (Å²) in [5, 5.41) is 9.81. The lowest BCUT2D eigenvalue weighted by Gasteiger charge is -2.48. The molecule has 2 aliphatic carbocycles. The third-order valence-corrected chi connectivity index (χ3v) is 4.94. The van der Waals surface area contributed by atoms with Gasteiger partial charge in [0, 0.05) is 0 Å². The van der Waals surface area contributed by atoms with Crippen molar-refractivity contribution in [1.29, 1.82) is 0 Å². The molecule has 1 heteroatoms. The van der Waals surface area contributed by atoms with Crippen LogP contribution in [0.15, 0.2) is 23.8 Å². The lowest BCUT2D eigenvalue weighted by atomic mass is 9.57. The molecular weight excluding hydrogens is 196 g/mol. The van der Waals surface area contributed by atoms with E-state index in [1.54, 1.807) is 0 Å². The molecule has 3 unspecified atom stereocenters. The van der Waals surface area contributed by atoms with E-state index in [2.05, 4.69) is 33.4 Å². The fraction of sp³-hybridized carbons (Fsp3) is 0.733. The first-order valence-corrected chi connectivity index (χ1v) is 6.48. The molecule has 0 aliphatic heterocycles. The Morgan fingerprint density at radius 2 is 2.25 bits per heavy atom. The molecular formula is C15H24O. The molecule has 0 amide bonds. The molecule has 0 aromatic carbocycles. The minimum Gasteiger partial charge on any atom is -0.389 e. The van der Waals surface area contributed by atoms with Crippen molar-refractivity contribution in [3.05, 3.63) is 23.8 Å². The van der Waals surface area contributed by atoms with Gasteiger partial charge in [0.25, 0.3) is 0 Å². The van der Waals surface area contributed by atoms with Gasteiger partial charge in [0.15, 0.2) is 0 Å². The number of rotatable bonds is 1. The van der Waals surface area contributed by atoms with Crippen molar-refractivity contribution in [2.75, 3.05) is 0 Å². The van der Waals surface area contributed by atoms with E-state index >= 15 is 0 Å². The van der Waals surface area contributed by atoms with Gasteiger partial charge in [-0.2, -0.15) is 0 Å². The van der Waals surface area contributed by atoms with E-state index in [9.17, 15) is 5.11 Å². The van der Waals surface area contributed by atoms with Crippen LogP contribution in [0, 0.1) is 17.3 Å². The van der Waals surface area contributed by atoms with Crippen molar-refractivity contribution in [2.45, 2.75) is 52.6 Å². The van der Waals surface area contributed by atoms with Crippen molar-refractivity contribution in [3.8, 4) is 0 Å². The van der Waals surface area contributed by atoms with E-state index in [4.69, 9.17) is 0 Å². The SMILES string of the molecule is C=C(C)[C@@H]1CCC2=CC(O)CC(C)C2(C)C1. The lowest BCUT2D eigenvalue weighted by Crippen LogP contribution is -2.39. The summed E-state index contributed by atoms with van der Waals surface area (Å²) in [6.07, 6.45) is 6.42. The van der Waals surface area contributed by atoms with Gasteiger partial charge < -0.3 is 5.11 Å². The highest BCUT2D eigenvalue weighted by Crippen LogP contribution is 2.53. The largest absolute Gasteiger partial charge is 0.389 e.